The summed E-state index contributed by atoms with van der Waals surface area (Å²) < 4.78 is 38.1. The standard InChI is InChI=1S/C28H24F3N3O3/c29-28(30,31)24-13-10-18(16-32-24)17-33-27(37)21-11-12-23-22(15-21)14-20(8-4-5-9-25(35)36)26(34-23)19-6-2-1-3-7-19/h1-3,6-7,10-16H,4-5,8-9,17H2,(H,33,37)(H,35,36). The van der Waals surface area contributed by atoms with Crippen molar-refractivity contribution in [2.24, 2.45) is 0 Å². The van der Waals surface area contributed by atoms with Gasteiger partial charge in [0.05, 0.1) is 11.2 Å². The predicted molar refractivity (Wildman–Crippen MR) is 133 cm³/mol. The van der Waals surface area contributed by atoms with E-state index in [2.05, 4.69) is 10.3 Å². The number of aliphatic carboxylic acids is 1. The smallest absolute Gasteiger partial charge is 0.433 e. The van der Waals surface area contributed by atoms with E-state index < -0.39 is 17.8 Å². The van der Waals surface area contributed by atoms with E-state index in [1.165, 1.54) is 6.07 Å². The molecule has 1 amide bonds. The van der Waals surface area contributed by atoms with Crippen LogP contribution >= 0.6 is 0 Å². The van der Waals surface area contributed by atoms with Gasteiger partial charge in [-0.3, -0.25) is 14.6 Å². The monoisotopic (exact) mass is 507 g/mol. The Labute approximate surface area is 211 Å². The summed E-state index contributed by atoms with van der Waals surface area (Å²) in [5.41, 5.74) is 3.27. The number of alkyl halides is 3. The summed E-state index contributed by atoms with van der Waals surface area (Å²) in [5.74, 6) is -1.21. The van der Waals surface area contributed by atoms with Gasteiger partial charge in [0.2, 0.25) is 0 Å². The van der Waals surface area contributed by atoms with E-state index >= 15 is 0 Å². The fraction of sp³-hybridized carbons (Fsp3) is 0.214. The van der Waals surface area contributed by atoms with Crippen molar-refractivity contribution in [2.45, 2.75) is 38.4 Å². The lowest BCUT2D eigenvalue weighted by molar-refractivity contribution is -0.141. The molecule has 2 aromatic heterocycles. The van der Waals surface area contributed by atoms with E-state index in [4.69, 9.17) is 10.1 Å². The maximum atomic E-state index is 12.7. The molecule has 6 nitrogen and oxygen atoms in total. The summed E-state index contributed by atoms with van der Waals surface area (Å²) >= 11 is 0. The molecule has 2 aromatic carbocycles. The first kappa shape index (κ1) is 25.8. The van der Waals surface area contributed by atoms with E-state index in [-0.39, 0.29) is 18.9 Å². The Kier molecular flexibility index (Phi) is 7.81. The van der Waals surface area contributed by atoms with Crippen LogP contribution in [0.4, 0.5) is 13.2 Å². The molecule has 0 atom stereocenters. The summed E-state index contributed by atoms with van der Waals surface area (Å²) in [4.78, 5) is 31.9. The molecule has 0 aliphatic carbocycles. The Balaban J connectivity index is 1.54. The van der Waals surface area contributed by atoms with Crippen molar-refractivity contribution in [1.82, 2.24) is 15.3 Å². The first-order valence-electron chi connectivity index (χ1n) is 11.7. The molecule has 0 saturated carbocycles. The number of benzene rings is 2. The molecule has 0 saturated heterocycles. The van der Waals surface area contributed by atoms with Gasteiger partial charge >= 0.3 is 12.1 Å². The molecular weight excluding hydrogens is 483 g/mol. The van der Waals surface area contributed by atoms with Crippen LogP contribution in [0.3, 0.4) is 0 Å². The fourth-order valence-corrected chi connectivity index (χ4v) is 3.97. The Morgan fingerprint density at radius 1 is 0.946 bits per heavy atom. The highest BCUT2D eigenvalue weighted by molar-refractivity contribution is 5.98. The average molecular weight is 508 g/mol. The van der Waals surface area contributed by atoms with E-state index in [1.807, 2.05) is 36.4 Å². The fourth-order valence-electron chi connectivity index (χ4n) is 3.97. The van der Waals surface area contributed by atoms with Crippen molar-refractivity contribution in [1.29, 1.82) is 0 Å². The zero-order valence-corrected chi connectivity index (χ0v) is 19.8. The molecule has 9 heteroatoms. The quantitative estimate of drug-likeness (QED) is 0.269. The minimum Gasteiger partial charge on any atom is -0.481 e. The molecule has 190 valence electrons. The van der Waals surface area contributed by atoms with Crippen LogP contribution in [-0.4, -0.2) is 27.0 Å². The number of fused-ring (bicyclic) bond motifs is 1. The molecule has 0 unspecified atom stereocenters. The number of carboxylic acid groups (broad SMARTS) is 1. The van der Waals surface area contributed by atoms with Gasteiger partial charge in [-0.2, -0.15) is 13.2 Å². The van der Waals surface area contributed by atoms with Crippen LogP contribution in [0.5, 0.6) is 0 Å². The van der Waals surface area contributed by atoms with Gasteiger partial charge in [0.15, 0.2) is 0 Å². The van der Waals surface area contributed by atoms with Crippen LogP contribution in [0.2, 0.25) is 0 Å². The Morgan fingerprint density at radius 2 is 1.73 bits per heavy atom. The van der Waals surface area contributed by atoms with Gasteiger partial charge in [0, 0.05) is 35.7 Å². The van der Waals surface area contributed by atoms with Crippen molar-refractivity contribution in [3.05, 3.63) is 95.3 Å². The number of unbranched alkanes of at least 4 members (excludes halogenated alkanes) is 1. The van der Waals surface area contributed by atoms with Crippen LogP contribution in [0, 0.1) is 0 Å². The number of carboxylic acids is 1. The molecular formula is C28H24F3N3O3. The summed E-state index contributed by atoms with van der Waals surface area (Å²) in [5, 5.41) is 12.4. The summed E-state index contributed by atoms with van der Waals surface area (Å²) in [6.07, 6.45) is -1.46. The van der Waals surface area contributed by atoms with Crippen molar-refractivity contribution in [3.8, 4) is 11.3 Å². The molecule has 4 rings (SSSR count). The molecule has 0 fully saturated rings. The zero-order chi connectivity index (χ0) is 26.4. The number of pyridine rings is 2. The van der Waals surface area contributed by atoms with E-state index in [0.29, 0.717) is 35.9 Å². The van der Waals surface area contributed by atoms with E-state index in [0.717, 1.165) is 34.5 Å². The predicted octanol–water partition coefficient (Wildman–Crippen LogP) is 6.04. The number of halogens is 3. The number of amides is 1. The van der Waals surface area contributed by atoms with Gasteiger partial charge in [-0.25, -0.2) is 4.98 Å². The van der Waals surface area contributed by atoms with E-state index in [9.17, 15) is 22.8 Å². The van der Waals surface area contributed by atoms with Crippen molar-refractivity contribution < 1.29 is 27.9 Å². The van der Waals surface area contributed by atoms with Crippen molar-refractivity contribution in [2.75, 3.05) is 0 Å². The number of rotatable bonds is 9. The Bertz CT molecular complexity index is 1410. The second-order valence-corrected chi connectivity index (χ2v) is 8.60. The highest BCUT2D eigenvalue weighted by atomic mass is 19.4. The second-order valence-electron chi connectivity index (χ2n) is 8.60. The number of hydrogen-bond acceptors (Lipinski definition) is 4. The highest BCUT2D eigenvalue weighted by Gasteiger charge is 2.32. The van der Waals surface area contributed by atoms with E-state index in [1.54, 1.807) is 18.2 Å². The number of aryl methyl sites for hydroxylation is 1. The van der Waals surface area contributed by atoms with Crippen LogP contribution in [0.1, 0.15) is 46.4 Å². The molecule has 0 bridgehead atoms. The number of nitrogens with zero attached hydrogens (tertiary/aromatic N) is 2. The van der Waals surface area contributed by atoms with Gasteiger partial charge in [-0.05, 0) is 60.7 Å². The van der Waals surface area contributed by atoms with Crippen LogP contribution < -0.4 is 5.32 Å². The molecule has 2 N–H and O–H groups in total. The van der Waals surface area contributed by atoms with Crippen LogP contribution in [0.25, 0.3) is 22.2 Å². The molecule has 37 heavy (non-hydrogen) atoms. The minimum absolute atomic E-state index is 0.0298. The number of aromatic nitrogens is 2. The number of carbonyl (C=O) groups is 2. The number of carbonyl (C=O) groups excluding carboxylic acids is 1. The topological polar surface area (TPSA) is 92.2 Å². The maximum Gasteiger partial charge on any atom is 0.433 e. The SMILES string of the molecule is O=C(O)CCCCc1cc2cc(C(=O)NCc3ccc(C(F)(F)F)nc3)ccc2nc1-c1ccccc1. The normalized spacial score (nSPS) is 11.4. The molecule has 0 aliphatic rings. The van der Waals surface area contributed by atoms with Gasteiger partial charge in [0.25, 0.3) is 5.91 Å². The van der Waals surface area contributed by atoms with Crippen LogP contribution in [-0.2, 0) is 23.9 Å². The molecule has 0 spiro atoms. The largest absolute Gasteiger partial charge is 0.481 e. The maximum absolute atomic E-state index is 12.7. The first-order chi connectivity index (χ1) is 17.7. The lowest BCUT2D eigenvalue weighted by Gasteiger charge is -2.12. The molecule has 0 aliphatic heterocycles. The lowest BCUT2D eigenvalue weighted by Crippen LogP contribution is -2.23. The molecule has 0 radical (unpaired) electrons. The number of nitrogens with one attached hydrogen (secondary N) is 1. The Morgan fingerprint density at radius 3 is 2.41 bits per heavy atom. The van der Waals surface area contributed by atoms with Crippen molar-refractivity contribution >= 4 is 22.8 Å². The summed E-state index contributed by atoms with van der Waals surface area (Å²) in [6.45, 7) is 0.0298. The van der Waals surface area contributed by atoms with Crippen LogP contribution in [0.15, 0.2) is 72.9 Å². The second kappa shape index (κ2) is 11.2. The van der Waals surface area contributed by atoms with Gasteiger partial charge in [-0.15, -0.1) is 0 Å². The zero-order valence-electron chi connectivity index (χ0n) is 19.8. The highest BCUT2D eigenvalue weighted by Crippen LogP contribution is 2.28. The molecule has 2 heterocycles. The van der Waals surface area contributed by atoms with Gasteiger partial charge < -0.3 is 10.4 Å². The number of hydrogen-bond donors (Lipinski definition) is 2. The third kappa shape index (κ3) is 6.69. The lowest BCUT2D eigenvalue weighted by atomic mass is 9.98. The summed E-state index contributed by atoms with van der Waals surface area (Å²) in [6, 6.07) is 19.0. The minimum atomic E-state index is -4.52. The average Bonchev–Trinajstić information content (AvgIpc) is 2.89. The Hall–Kier alpha value is -4.27. The van der Waals surface area contributed by atoms with Gasteiger partial charge in [-0.1, -0.05) is 36.4 Å². The summed E-state index contributed by atoms with van der Waals surface area (Å²) in [7, 11) is 0. The first-order valence-corrected chi connectivity index (χ1v) is 11.7. The third-order valence-electron chi connectivity index (χ3n) is 5.86. The van der Waals surface area contributed by atoms with Crippen molar-refractivity contribution in [3.63, 3.8) is 0 Å². The molecule has 4 aromatic rings. The van der Waals surface area contributed by atoms with Gasteiger partial charge in [0.1, 0.15) is 5.69 Å². The third-order valence-corrected chi connectivity index (χ3v) is 5.86.